The fourth-order valence-corrected chi connectivity index (χ4v) is 2.19. The Morgan fingerprint density at radius 2 is 2.19 bits per heavy atom. The van der Waals surface area contributed by atoms with Gasteiger partial charge in [0.15, 0.2) is 0 Å². The number of amides is 1. The molecule has 1 heterocycles. The van der Waals surface area contributed by atoms with Crippen LogP contribution in [0.4, 0.5) is 0 Å². The molecular weight excluding hydrogens is 202 g/mol. The maximum Gasteiger partial charge on any atom is 0.271 e. The van der Waals surface area contributed by atoms with E-state index in [1.807, 2.05) is 0 Å². The second-order valence-electron chi connectivity index (χ2n) is 4.43. The molecular formula is C12H17N3O. The van der Waals surface area contributed by atoms with Gasteiger partial charge in [0.1, 0.15) is 5.69 Å². The van der Waals surface area contributed by atoms with E-state index in [1.165, 1.54) is 25.5 Å². The number of nitrogens with one attached hydrogen (secondary N) is 1. The molecule has 1 N–H and O–H groups in total. The van der Waals surface area contributed by atoms with Gasteiger partial charge in [-0.25, -0.2) is 4.98 Å². The summed E-state index contributed by atoms with van der Waals surface area (Å²) in [5.74, 6) is 0.459. The van der Waals surface area contributed by atoms with Gasteiger partial charge in [-0.15, -0.1) is 0 Å². The van der Waals surface area contributed by atoms with Crippen molar-refractivity contribution in [3.63, 3.8) is 0 Å². The van der Waals surface area contributed by atoms with Gasteiger partial charge >= 0.3 is 0 Å². The number of carbonyl (C=O) groups is 1. The first-order valence-electron chi connectivity index (χ1n) is 5.84. The average molecular weight is 219 g/mol. The molecule has 0 aliphatic heterocycles. The van der Waals surface area contributed by atoms with Crippen molar-refractivity contribution in [3.05, 3.63) is 24.3 Å². The van der Waals surface area contributed by atoms with Gasteiger partial charge < -0.3 is 5.32 Å². The number of nitrogens with zero attached hydrogens (tertiary/aromatic N) is 2. The highest BCUT2D eigenvalue weighted by atomic mass is 16.1. The molecule has 16 heavy (non-hydrogen) atoms. The Morgan fingerprint density at radius 3 is 2.88 bits per heavy atom. The Morgan fingerprint density at radius 1 is 1.38 bits per heavy atom. The zero-order valence-electron chi connectivity index (χ0n) is 9.52. The third-order valence-electron chi connectivity index (χ3n) is 3.22. The molecule has 0 unspecified atom stereocenters. The van der Waals surface area contributed by atoms with Crippen LogP contribution in [0.2, 0.25) is 0 Å². The van der Waals surface area contributed by atoms with Crippen LogP contribution in [0.1, 0.15) is 43.1 Å². The van der Waals surface area contributed by atoms with Crippen LogP contribution in [0.25, 0.3) is 0 Å². The monoisotopic (exact) mass is 219 g/mol. The molecule has 0 spiro atoms. The van der Waals surface area contributed by atoms with Crippen molar-refractivity contribution in [2.75, 3.05) is 0 Å². The molecule has 0 saturated heterocycles. The first kappa shape index (κ1) is 11.0. The molecule has 86 valence electrons. The molecule has 1 amide bonds. The molecule has 0 bridgehead atoms. The van der Waals surface area contributed by atoms with Crippen LogP contribution in [0.3, 0.4) is 0 Å². The fraction of sp³-hybridized carbons (Fsp3) is 0.583. The number of carbonyl (C=O) groups excluding carboxylic acids is 1. The topological polar surface area (TPSA) is 54.9 Å². The van der Waals surface area contributed by atoms with E-state index in [2.05, 4.69) is 22.2 Å². The molecule has 4 heteroatoms. The molecule has 1 fully saturated rings. The van der Waals surface area contributed by atoms with E-state index in [0.717, 1.165) is 6.42 Å². The Balaban J connectivity index is 1.96. The lowest BCUT2D eigenvalue weighted by atomic mass is 9.86. The lowest BCUT2D eigenvalue weighted by Gasteiger charge is -2.29. The zero-order chi connectivity index (χ0) is 11.4. The zero-order valence-corrected chi connectivity index (χ0v) is 9.52. The maximum atomic E-state index is 11.8. The highest BCUT2D eigenvalue weighted by Crippen LogP contribution is 2.23. The molecule has 1 aliphatic carbocycles. The molecule has 1 aromatic rings. The van der Waals surface area contributed by atoms with Gasteiger partial charge in [-0.1, -0.05) is 19.8 Å². The van der Waals surface area contributed by atoms with Crippen molar-refractivity contribution in [1.29, 1.82) is 0 Å². The van der Waals surface area contributed by atoms with Crippen LogP contribution in [-0.2, 0) is 0 Å². The van der Waals surface area contributed by atoms with Crippen molar-refractivity contribution >= 4 is 5.91 Å². The molecule has 1 aliphatic rings. The Bertz CT molecular complexity index is 353. The summed E-state index contributed by atoms with van der Waals surface area (Å²) in [6, 6.07) is 0.295. The van der Waals surface area contributed by atoms with Gasteiger partial charge in [-0.2, -0.15) is 0 Å². The Labute approximate surface area is 95.5 Å². The van der Waals surface area contributed by atoms with Crippen molar-refractivity contribution in [3.8, 4) is 0 Å². The van der Waals surface area contributed by atoms with E-state index < -0.39 is 0 Å². The summed E-state index contributed by atoms with van der Waals surface area (Å²) in [6.45, 7) is 2.20. The van der Waals surface area contributed by atoms with Crippen LogP contribution in [0.5, 0.6) is 0 Å². The molecule has 1 saturated carbocycles. The minimum atomic E-state index is -0.105. The van der Waals surface area contributed by atoms with E-state index in [4.69, 9.17) is 0 Å². The van der Waals surface area contributed by atoms with Crippen molar-refractivity contribution in [2.45, 2.75) is 38.6 Å². The molecule has 4 nitrogen and oxygen atoms in total. The van der Waals surface area contributed by atoms with Crippen molar-refractivity contribution in [2.24, 2.45) is 5.92 Å². The number of aromatic nitrogens is 2. The fourth-order valence-electron chi connectivity index (χ4n) is 2.19. The lowest BCUT2D eigenvalue weighted by Crippen LogP contribution is -2.41. The number of rotatable bonds is 2. The first-order chi connectivity index (χ1) is 7.77. The Kier molecular flexibility index (Phi) is 3.49. The summed E-state index contributed by atoms with van der Waals surface area (Å²) < 4.78 is 0. The standard InChI is InChI=1S/C12H17N3O/c1-9-4-2-3-5-10(9)15-12(16)11-8-13-6-7-14-11/h6-10H,2-5H2,1H3,(H,15,16)/t9-,10-/m1/s1. The normalized spacial score (nSPS) is 25.1. The van der Waals surface area contributed by atoms with Gasteiger partial charge in [-0.3, -0.25) is 9.78 Å². The van der Waals surface area contributed by atoms with E-state index in [0.29, 0.717) is 17.7 Å². The second-order valence-corrected chi connectivity index (χ2v) is 4.43. The average Bonchev–Trinajstić information content (AvgIpc) is 2.33. The summed E-state index contributed by atoms with van der Waals surface area (Å²) in [4.78, 5) is 19.7. The largest absolute Gasteiger partial charge is 0.348 e. The number of hydrogen-bond donors (Lipinski definition) is 1. The van der Waals surface area contributed by atoms with Crippen LogP contribution in [-0.4, -0.2) is 21.9 Å². The summed E-state index contributed by atoms with van der Waals surface area (Å²) in [6.07, 6.45) is 9.37. The van der Waals surface area contributed by atoms with Gasteiger partial charge in [0.05, 0.1) is 6.20 Å². The summed E-state index contributed by atoms with van der Waals surface area (Å²) in [7, 11) is 0. The van der Waals surface area contributed by atoms with E-state index >= 15 is 0 Å². The van der Waals surface area contributed by atoms with Gasteiger partial charge in [-0.05, 0) is 18.8 Å². The van der Waals surface area contributed by atoms with E-state index in [-0.39, 0.29) is 5.91 Å². The second kappa shape index (κ2) is 5.05. The van der Waals surface area contributed by atoms with Crippen LogP contribution in [0, 0.1) is 5.92 Å². The molecule has 0 radical (unpaired) electrons. The number of hydrogen-bond acceptors (Lipinski definition) is 3. The maximum absolute atomic E-state index is 11.8. The SMILES string of the molecule is C[C@@H]1CCCC[C@H]1NC(=O)c1cnccn1. The van der Waals surface area contributed by atoms with Gasteiger partial charge in [0.2, 0.25) is 0 Å². The van der Waals surface area contributed by atoms with Crippen LogP contribution >= 0.6 is 0 Å². The summed E-state index contributed by atoms with van der Waals surface area (Å²) >= 11 is 0. The van der Waals surface area contributed by atoms with Gasteiger partial charge in [0, 0.05) is 18.4 Å². The summed E-state index contributed by atoms with van der Waals surface area (Å²) in [5.41, 5.74) is 0.403. The first-order valence-corrected chi connectivity index (χ1v) is 5.84. The minimum absolute atomic E-state index is 0.105. The molecule has 0 aromatic carbocycles. The highest BCUT2D eigenvalue weighted by Gasteiger charge is 2.23. The summed E-state index contributed by atoms with van der Waals surface area (Å²) in [5, 5.41) is 3.04. The van der Waals surface area contributed by atoms with Crippen LogP contribution in [0.15, 0.2) is 18.6 Å². The Hall–Kier alpha value is -1.45. The smallest absolute Gasteiger partial charge is 0.271 e. The predicted molar refractivity (Wildman–Crippen MR) is 60.9 cm³/mol. The van der Waals surface area contributed by atoms with Crippen molar-refractivity contribution < 1.29 is 4.79 Å². The van der Waals surface area contributed by atoms with Gasteiger partial charge in [0.25, 0.3) is 5.91 Å². The highest BCUT2D eigenvalue weighted by molar-refractivity contribution is 5.92. The molecule has 2 atom stereocenters. The molecule has 1 aromatic heterocycles. The third-order valence-corrected chi connectivity index (χ3v) is 3.22. The lowest BCUT2D eigenvalue weighted by molar-refractivity contribution is 0.0905. The minimum Gasteiger partial charge on any atom is -0.348 e. The molecule has 2 rings (SSSR count). The van der Waals surface area contributed by atoms with E-state index in [9.17, 15) is 4.79 Å². The quantitative estimate of drug-likeness (QED) is 0.825. The van der Waals surface area contributed by atoms with Crippen LogP contribution < -0.4 is 5.32 Å². The van der Waals surface area contributed by atoms with Crippen molar-refractivity contribution in [1.82, 2.24) is 15.3 Å². The third kappa shape index (κ3) is 2.56. The predicted octanol–water partition coefficient (Wildman–Crippen LogP) is 1.79. The van der Waals surface area contributed by atoms with E-state index in [1.54, 1.807) is 12.4 Å².